The summed E-state index contributed by atoms with van der Waals surface area (Å²) in [4.78, 5) is 13.2. The summed E-state index contributed by atoms with van der Waals surface area (Å²) in [7, 11) is 0. The number of benzene rings is 1. The molecule has 1 fully saturated rings. The van der Waals surface area contributed by atoms with E-state index in [4.69, 9.17) is 4.74 Å². The summed E-state index contributed by atoms with van der Waals surface area (Å²) >= 11 is 0. The second kappa shape index (κ2) is 6.66. The van der Waals surface area contributed by atoms with Gasteiger partial charge in [-0.05, 0) is 31.0 Å². The van der Waals surface area contributed by atoms with Crippen LogP contribution < -0.4 is 0 Å². The van der Waals surface area contributed by atoms with Crippen LogP contribution in [-0.2, 0) is 15.7 Å². The third-order valence-electron chi connectivity index (χ3n) is 3.62. The van der Waals surface area contributed by atoms with Gasteiger partial charge in [-0.3, -0.25) is 9.69 Å². The van der Waals surface area contributed by atoms with Crippen LogP contribution in [0.3, 0.4) is 0 Å². The Morgan fingerprint density at radius 2 is 2.18 bits per heavy atom. The zero-order valence-electron chi connectivity index (χ0n) is 12.1. The fourth-order valence-electron chi connectivity index (χ4n) is 2.70. The Bertz CT molecular complexity index is 533. The average Bonchev–Trinajstić information content (AvgIpc) is 2.79. The molecule has 2 atom stereocenters. The molecular formula is C15H18F3NO3. The molecule has 0 aromatic heterocycles. The molecule has 0 radical (unpaired) electrons. The molecule has 0 amide bonds. The van der Waals surface area contributed by atoms with E-state index in [1.54, 1.807) is 17.9 Å². The summed E-state index contributed by atoms with van der Waals surface area (Å²) in [6.45, 7) is 2.11. The van der Waals surface area contributed by atoms with E-state index in [2.05, 4.69) is 0 Å². The van der Waals surface area contributed by atoms with Crippen LogP contribution in [0.4, 0.5) is 13.2 Å². The van der Waals surface area contributed by atoms with Crippen molar-refractivity contribution >= 4 is 5.97 Å². The van der Waals surface area contributed by atoms with Gasteiger partial charge in [-0.1, -0.05) is 12.1 Å². The molecule has 2 rings (SSSR count). The molecule has 0 aliphatic carbocycles. The Labute approximate surface area is 126 Å². The third kappa shape index (κ3) is 3.98. The zero-order chi connectivity index (χ0) is 16.3. The van der Waals surface area contributed by atoms with Crippen LogP contribution >= 0.6 is 0 Å². The first-order valence-corrected chi connectivity index (χ1v) is 7.06. The summed E-state index contributed by atoms with van der Waals surface area (Å²) < 4.78 is 43.3. The van der Waals surface area contributed by atoms with Crippen LogP contribution in [0.2, 0.25) is 0 Å². The van der Waals surface area contributed by atoms with E-state index < -0.39 is 29.9 Å². The Morgan fingerprint density at radius 3 is 2.82 bits per heavy atom. The molecule has 1 heterocycles. The summed E-state index contributed by atoms with van der Waals surface area (Å²) in [6, 6.07) is 4.56. The van der Waals surface area contributed by atoms with Gasteiger partial charge in [0.1, 0.15) is 0 Å². The number of aliphatic hydroxyl groups excluding tert-OH is 1. The van der Waals surface area contributed by atoms with Gasteiger partial charge in [0.2, 0.25) is 0 Å². The van der Waals surface area contributed by atoms with Crippen molar-refractivity contribution in [3.05, 3.63) is 35.4 Å². The van der Waals surface area contributed by atoms with Crippen LogP contribution in [0.1, 0.15) is 30.5 Å². The quantitative estimate of drug-likeness (QED) is 0.866. The molecule has 1 N–H and O–H groups in total. The monoisotopic (exact) mass is 317 g/mol. The molecule has 7 heteroatoms. The van der Waals surface area contributed by atoms with Gasteiger partial charge in [0.25, 0.3) is 0 Å². The number of carbonyl (C=O) groups is 1. The van der Waals surface area contributed by atoms with Gasteiger partial charge >= 0.3 is 12.1 Å². The van der Waals surface area contributed by atoms with E-state index >= 15 is 0 Å². The lowest BCUT2D eigenvalue weighted by molar-refractivity contribution is -0.144. The number of hydrogen-bond donors (Lipinski definition) is 1. The van der Waals surface area contributed by atoms with Gasteiger partial charge in [0.15, 0.2) is 0 Å². The third-order valence-corrected chi connectivity index (χ3v) is 3.62. The number of β-amino-alcohol motifs (C(OH)–C–C–N with tert-alkyl or cyclic N) is 1. The minimum Gasteiger partial charge on any atom is -0.465 e. The SMILES string of the molecule is CCOC(=O)CN1C[C@H](O)C[C@@H]1c1cccc(C(F)(F)F)c1. The molecule has 0 unspecified atom stereocenters. The van der Waals surface area contributed by atoms with E-state index in [-0.39, 0.29) is 19.7 Å². The number of likely N-dealkylation sites (tertiary alicyclic amines) is 1. The number of nitrogens with zero attached hydrogens (tertiary/aromatic N) is 1. The highest BCUT2D eigenvalue weighted by atomic mass is 19.4. The van der Waals surface area contributed by atoms with Crippen molar-refractivity contribution in [1.29, 1.82) is 0 Å². The van der Waals surface area contributed by atoms with Gasteiger partial charge < -0.3 is 9.84 Å². The lowest BCUT2D eigenvalue weighted by atomic mass is 10.0. The van der Waals surface area contributed by atoms with Gasteiger partial charge in [0.05, 0.1) is 24.8 Å². The van der Waals surface area contributed by atoms with Crippen molar-refractivity contribution in [3.8, 4) is 0 Å². The standard InChI is InChI=1S/C15H18F3NO3/c1-2-22-14(21)9-19-8-12(20)7-13(19)10-4-3-5-11(6-10)15(16,17)18/h3-6,12-13,20H,2,7-9H2,1H3/t12-,13-/m1/s1. The van der Waals surface area contributed by atoms with E-state index in [9.17, 15) is 23.1 Å². The predicted octanol–water partition coefficient (Wildman–Crippen LogP) is 2.38. The number of alkyl halides is 3. The highest BCUT2D eigenvalue weighted by Gasteiger charge is 2.36. The maximum Gasteiger partial charge on any atom is 0.416 e. The lowest BCUT2D eigenvalue weighted by Crippen LogP contribution is -2.31. The predicted molar refractivity (Wildman–Crippen MR) is 73.0 cm³/mol. The van der Waals surface area contributed by atoms with Gasteiger partial charge in [-0.2, -0.15) is 13.2 Å². The zero-order valence-corrected chi connectivity index (χ0v) is 12.1. The normalized spacial score (nSPS) is 22.8. The Balaban J connectivity index is 2.20. The fraction of sp³-hybridized carbons (Fsp3) is 0.533. The van der Waals surface area contributed by atoms with Gasteiger partial charge in [0, 0.05) is 12.6 Å². The van der Waals surface area contributed by atoms with Crippen molar-refractivity contribution < 1.29 is 27.8 Å². The summed E-state index contributed by atoms with van der Waals surface area (Å²) in [5, 5.41) is 9.79. The van der Waals surface area contributed by atoms with Crippen molar-refractivity contribution in [2.75, 3.05) is 19.7 Å². The van der Waals surface area contributed by atoms with Crippen molar-refractivity contribution in [1.82, 2.24) is 4.90 Å². The van der Waals surface area contributed by atoms with Crippen molar-refractivity contribution in [2.45, 2.75) is 31.7 Å². The minimum absolute atomic E-state index is 0.0498. The van der Waals surface area contributed by atoms with Crippen LogP contribution in [0.5, 0.6) is 0 Å². The molecular weight excluding hydrogens is 299 g/mol. The van der Waals surface area contributed by atoms with Crippen molar-refractivity contribution in [3.63, 3.8) is 0 Å². The maximum atomic E-state index is 12.8. The number of hydrogen-bond acceptors (Lipinski definition) is 4. The first kappa shape index (κ1) is 16.8. The summed E-state index contributed by atoms with van der Waals surface area (Å²) in [6.07, 6.45) is -4.80. The van der Waals surface area contributed by atoms with E-state index in [0.29, 0.717) is 12.0 Å². The Kier molecular flexibility index (Phi) is 5.08. The number of rotatable bonds is 4. The largest absolute Gasteiger partial charge is 0.465 e. The summed E-state index contributed by atoms with van der Waals surface area (Å²) in [5.74, 6) is -0.450. The topological polar surface area (TPSA) is 49.8 Å². The second-order valence-corrected chi connectivity index (χ2v) is 5.26. The first-order chi connectivity index (χ1) is 10.3. The lowest BCUT2D eigenvalue weighted by Gasteiger charge is -2.24. The summed E-state index contributed by atoms with van der Waals surface area (Å²) in [5.41, 5.74) is -0.293. The second-order valence-electron chi connectivity index (χ2n) is 5.26. The van der Waals surface area contributed by atoms with Crippen molar-refractivity contribution in [2.24, 2.45) is 0 Å². The molecule has 1 aliphatic heterocycles. The van der Waals surface area contributed by atoms with Gasteiger partial charge in [-0.25, -0.2) is 0 Å². The van der Waals surface area contributed by atoms with E-state index in [1.807, 2.05) is 0 Å². The molecule has 122 valence electrons. The maximum absolute atomic E-state index is 12.8. The highest BCUT2D eigenvalue weighted by Crippen LogP contribution is 2.35. The minimum atomic E-state index is -4.42. The molecule has 4 nitrogen and oxygen atoms in total. The number of esters is 1. The number of ether oxygens (including phenoxy) is 1. The number of carbonyl (C=O) groups excluding carboxylic acids is 1. The molecule has 1 aromatic rings. The van der Waals surface area contributed by atoms with Gasteiger partial charge in [-0.15, -0.1) is 0 Å². The Morgan fingerprint density at radius 1 is 1.45 bits per heavy atom. The number of halogens is 3. The molecule has 1 saturated heterocycles. The number of aliphatic hydroxyl groups is 1. The molecule has 0 saturated carbocycles. The molecule has 0 spiro atoms. The average molecular weight is 317 g/mol. The first-order valence-electron chi connectivity index (χ1n) is 7.06. The van der Waals surface area contributed by atoms with E-state index in [1.165, 1.54) is 6.07 Å². The highest BCUT2D eigenvalue weighted by molar-refractivity contribution is 5.71. The fourth-order valence-corrected chi connectivity index (χ4v) is 2.70. The smallest absolute Gasteiger partial charge is 0.416 e. The van der Waals surface area contributed by atoms with Crippen LogP contribution in [0, 0.1) is 0 Å². The van der Waals surface area contributed by atoms with E-state index in [0.717, 1.165) is 12.1 Å². The van der Waals surface area contributed by atoms with Crippen LogP contribution in [0.15, 0.2) is 24.3 Å². The van der Waals surface area contributed by atoms with Crippen LogP contribution in [0.25, 0.3) is 0 Å². The molecule has 1 aromatic carbocycles. The molecule has 22 heavy (non-hydrogen) atoms. The Hall–Kier alpha value is -1.60. The molecule has 1 aliphatic rings. The molecule has 0 bridgehead atoms. The van der Waals surface area contributed by atoms with Crippen LogP contribution in [-0.4, -0.2) is 41.8 Å².